The highest BCUT2D eigenvalue weighted by molar-refractivity contribution is 7.48. The first kappa shape index (κ1) is 134. The average molecular weight is 2160 g/mol. The van der Waals surface area contributed by atoms with E-state index in [4.69, 9.17) is 114 Å². The van der Waals surface area contributed by atoms with Crippen molar-refractivity contribution in [3.05, 3.63) is 0 Å². The fourth-order valence-electron chi connectivity index (χ4n) is 12.0. The molecule has 5 fully saturated rings. The van der Waals surface area contributed by atoms with Crippen LogP contribution in [-0.4, -0.2) is 265 Å². The third-order valence-corrected chi connectivity index (χ3v) is 27.7. The Hall–Kier alpha value is 1.21. The molecule has 52 nitrogen and oxygen atoms in total. The summed E-state index contributed by atoms with van der Waals surface area (Å²) in [6, 6.07) is -3.10. The molecule has 3 N–H and O–H groups in total. The van der Waals surface area contributed by atoms with Crippen LogP contribution >= 0.6 is 86.0 Å². The zero-order valence-corrected chi connectivity index (χ0v) is 87.8. The molecule has 0 bridgehead atoms. The van der Waals surface area contributed by atoms with E-state index in [1.807, 2.05) is 104 Å². The van der Waals surface area contributed by atoms with Gasteiger partial charge >= 0.3 is 0 Å². The lowest BCUT2D eigenvalue weighted by molar-refractivity contribution is -0.343. The second kappa shape index (κ2) is 61.4. The highest BCUT2D eigenvalue weighted by Crippen LogP contribution is 2.53. The van der Waals surface area contributed by atoms with Crippen molar-refractivity contribution in [2.75, 3.05) is 119 Å². The quantitative estimate of drug-likeness (QED) is 0.0413. The summed E-state index contributed by atoms with van der Waals surface area (Å²) in [5, 5.41) is 25.7. The van der Waals surface area contributed by atoms with Crippen molar-refractivity contribution in [1.29, 1.82) is 0 Å². The minimum Gasteiger partial charge on any atom is -0.790 e. The fraction of sp³-hybridized carbons (Fsp3) is 1.00. The number of hydrogen-bond donors (Lipinski definition) is 3. The van der Waals surface area contributed by atoms with E-state index in [0.29, 0.717) is 6.42 Å². The maximum atomic E-state index is 12.1. The molecule has 5 rings (SSSR count). The van der Waals surface area contributed by atoms with E-state index >= 15 is 0 Å². The topological polar surface area (TPSA) is 779 Å². The van der Waals surface area contributed by atoms with Crippen molar-refractivity contribution in [2.45, 2.75) is 285 Å². The summed E-state index contributed by atoms with van der Waals surface area (Å²) in [5.41, 5.74) is -1.88. The SMILES string of the molecule is [B]C1CC(OP(=O)([O-])OCCCO)C(C(C)(C)C)O1.[B]C1CC(OP(=O)([O-])OCCCOP(=O)([O-])OCCCO)C(C(C)(C)C)O1.[B]C1CC(OP(=O)([O-])OCCCOP(=O)([O-])OCCCOP(=O)([O-])OCCCO)C(C(C)(C)C)O1.[B]C1CC(OP(=O)([O-])OCCCOP(=O)([O-])OCCCOP(=O)([O-])[O-])C(C(C)(C)C)O1.[B]C1CC(OP(=O)([O-])OCCCOP(=O)([O-])[O-])C(C(C)(C)C)O1. The summed E-state index contributed by atoms with van der Waals surface area (Å²) in [6.45, 7) is 22.0. The second-order valence-electron chi connectivity index (χ2n) is 35.5. The van der Waals surface area contributed by atoms with Crippen LogP contribution in [0, 0.1) is 27.1 Å². The number of rotatable bonds is 58. The molecule has 5 aliphatic rings. The molecular weight excluding hydrogens is 2030 g/mol. The Bertz CT molecular complexity index is 3910. The average Bonchev–Trinajstić information content (AvgIpc) is 1.70. The summed E-state index contributed by atoms with van der Waals surface area (Å²) in [5.74, 6) is 0. The molecule has 0 saturated carbocycles. The molecule has 10 radical (unpaired) electrons. The molecule has 135 heavy (non-hydrogen) atoms. The van der Waals surface area contributed by atoms with Gasteiger partial charge in [0.05, 0.1) is 176 Å². The normalized spacial score (nSPS) is 27.8. The van der Waals surface area contributed by atoms with E-state index in [0.717, 1.165) is 0 Å². The van der Waals surface area contributed by atoms with Crippen LogP contribution in [0.15, 0.2) is 0 Å². The monoisotopic (exact) mass is 2160 g/mol. The van der Waals surface area contributed by atoms with Crippen molar-refractivity contribution in [3.63, 3.8) is 0 Å². The van der Waals surface area contributed by atoms with Crippen LogP contribution < -0.4 is 63.6 Å². The lowest BCUT2D eigenvalue weighted by Crippen LogP contribution is -2.37. The molecule has 24 unspecified atom stereocenters. The lowest BCUT2D eigenvalue weighted by Gasteiger charge is -2.34. The second-order valence-corrected chi connectivity index (χ2v) is 50.2. The van der Waals surface area contributed by atoms with Gasteiger partial charge in [0.2, 0.25) is 0 Å². The van der Waals surface area contributed by atoms with Gasteiger partial charge in [-0.2, -0.15) is 0 Å². The Morgan fingerprint density at radius 1 is 0.222 bits per heavy atom. The number of aliphatic hydroxyl groups excluding tert-OH is 3. The molecule has 5 saturated heterocycles. The third-order valence-electron chi connectivity index (χ3n) is 17.6. The molecule has 0 aromatic rings. The summed E-state index contributed by atoms with van der Waals surface area (Å²) in [6.07, 6.45) is -5.43. The van der Waals surface area contributed by atoms with E-state index in [2.05, 4.69) is 54.3 Å². The van der Waals surface area contributed by atoms with Crippen molar-refractivity contribution in [3.8, 4) is 0 Å². The molecule has 0 spiro atoms. The van der Waals surface area contributed by atoms with Gasteiger partial charge < -0.3 is 202 Å². The minimum absolute atomic E-state index is 0.0193. The van der Waals surface area contributed by atoms with Crippen LogP contribution in [0.3, 0.4) is 0 Å². The highest BCUT2D eigenvalue weighted by atomic mass is 31.2. The molecule has 0 aromatic heterocycles. The van der Waals surface area contributed by atoms with E-state index in [1.54, 1.807) is 0 Å². The molecule has 68 heteroatoms. The van der Waals surface area contributed by atoms with Gasteiger partial charge in [-0.15, -0.1) is 0 Å². The van der Waals surface area contributed by atoms with Gasteiger partial charge in [0, 0.05) is 49.8 Å². The van der Waals surface area contributed by atoms with Gasteiger partial charge in [-0.25, -0.2) is 0 Å². The van der Waals surface area contributed by atoms with Gasteiger partial charge in [-0.1, -0.05) is 104 Å². The highest BCUT2D eigenvalue weighted by Gasteiger charge is 2.48. The molecule has 790 valence electrons. The van der Waals surface area contributed by atoms with Crippen molar-refractivity contribution in [2.24, 2.45) is 27.1 Å². The van der Waals surface area contributed by atoms with Crippen molar-refractivity contribution >= 4 is 125 Å². The molecule has 5 aliphatic heterocycles. The molecule has 0 amide bonds. The number of phosphoric ester groups is 11. The Labute approximate surface area is 795 Å². The third kappa shape index (κ3) is 63.6. The zero-order valence-electron chi connectivity index (χ0n) is 77.9. The van der Waals surface area contributed by atoms with Crippen molar-refractivity contribution in [1.82, 2.24) is 0 Å². The van der Waals surface area contributed by atoms with Gasteiger partial charge in [-0.3, -0.25) is 41.1 Å². The van der Waals surface area contributed by atoms with E-state index < -0.39 is 241 Å². The standard InChI is InChI=1S/C17H36BO14P3.C14H30BO13P3.C14H29BO10P2.C11H23BO9P2.C11H22BO6P/c1-17(2,3)16-14(13-15(18)31-16)32-35(24,25)30-12-6-11-29-34(22,23)28-10-5-9-27-33(20,21)26-8-4-7-19;1-14(2,3)13-11(10-12(15)27-13)28-31(21,22)26-9-5-8-25-30(19,20)24-7-4-6-23-29(16,17)18;1-14(2,3)13-11(10-12(15)24-13)25-27(19,20)23-9-5-8-22-26(17,18)21-7-4-6-16;1-11(2,3)10-8(7-9(12)20-10)21-23(16,17)19-6-4-5-18-22(13,14)15;1-11(2,3)10-8(7-9(12)17-10)18-19(14,15)16-6-4-5-13/h14-16,19H,4-13H2,1-3H3,(H,20,21)(H,22,23)(H,24,25);11-13H,4-10H2,1-3H3,(H,19,20)(H,21,22)(H2,16,17,18);11-13,16H,4-10H2,1-3H3,(H,17,18)(H,19,20);8-10H,4-7H2,1-3H3,(H,16,17)(H2,13,14,15);8-10,13H,4-7H2,1-3H3,(H,14,15)/p-13. The Kier molecular flexibility index (Phi) is 61.0. The van der Waals surface area contributed by atoms with Gasteiger partial charge in [0.15, 0.2) is 0 Å². The van der Waals surface area contributed by atoms with Crippen LogP contribution in [-0.2, 0) is 164 Å². The Balaban J connectivity index is 0.000000855. The predicted octanol–water partition coefficient (Wildman–Crippen LogP) is 0.116. The largest absolute Gasteiger partial charge is 0.790 e. The number of hydrogen-bond acceptors (Lipinski definition) is 52. The lowest BCUT2D eigenvalue weighted by atomic mass is 9.85. The zero-order chi connectivity index (χ0) is 104. The van der Waals surface area contributed by atoms with Gasteiger partial charge in [0.25, 0.3) is 70.4 Å². The van der Waals surface area contributed by atoms with Crippen LogP contribution in [0.5, 0.6) is 0 Å². The first-order valence-corrected chi connectivity index (χ1v) is 58.3. The minimum atomic E-state index is -5.13. The summed E-state index contributed by atoms with van der Waals surface area (Å²) < 4.78 is 246. The molecule has 24 atom stereocenters. The molecule has 5 heterocycles. The van der Waals surface area contributed by atoms with Crippen LogP contribution in [0.1, 0.15) is 194 Å². The van der Waals surface area contributed by atoms with E-state index in [9.17, 15) is 114 Å². The Morgan fingerprint density at radius 2 is 0.341 bits per heavy atom. The summed E-state index contributed by atoms with van der Waals surface area (Å²) in [4.78, 5) is 146. The maximum Gasteiger partial charge on any atom is 0.268 e. The van der Waals surface area contributed by atoms with Crippen LogP contribution in [0.25, 0.3) is 0 Å². The summed E-state index contributed by atoms with van der Waals surface area (Å²) in [7, 11) is -23.2. The molecule has 0 aliphatic carbocycles. The van der Waals surface area contributed by atoms with Gasteiger partial charge in [0.1, 0.15) is 39.2 Å². The number of phosphoric acid groups is 11. The van der Waals surface area contributed by atoms with Crippen LogP contribution in [0.2, 0.25) is 0 Å². The molecular formula is C67H127B5O52P11-13. The molecule has 0 aromatic carbocycles. The maximum absolute atomic E-state index is 12.1. The first-order valence-electron chi connectivity index (χ1n) is 42.2. The smallest absolute Gasteiger partial charge is 0.268 e. The van der Waals surface area contributed by atoms with Crippen LogP contribution in [0.4, 0.5) is 0 Å². The van der Waals surface area contributed by atoms with E-state index in [1.165, 1.54) is 0 Å². The van der Waals surface area contributed by atoms with E-state index in [-0.39, 0.29) is 166 Å². The number of ether oxygens (including phenoxy) is 5. The fourth-order valence-corrected chi connectivity index (χ4v) is 20.6. The van der Waals surface area contributed by atoms with Gasteiger partial charge in [-0.05, 0) is 117 Å². The van der Waals surface area contributed by atoms with Crippen molar-refractivity contribution < 1.29 is 243 Å². The number of aliphatic hydroxyl groups is 3. The first-order chi connectivity index (χ1) is 61.4. The Morgan fingerprint density at radius 3 is 0.459 bits per heavy atom. The predicted molar refractivity (Wildman–Crippen MR) is 453 cm³/mol. The summed E-state index contributed by atoms with van der Waals surface area (Å²) >= 11 is 0.